The molecule has 0 amide bonds. The SMILES string of the molecule is C/C(C#N)=C\c1cc(C)c(N)c(C)c1. The standard InChI is InChI=1S/C12H14N2/c1-8(7-13)4-11-5-9(2)12(14)10(3)6-11/h4-6H,14H2,1-3H3/b8-4+. The molecule has 2 nitrogen and oxygen atoms in total. The molecule has 0 heterocycles. The first-order valence-corrected chi connectivity index (χ1v) is 4.49. The fraction of sp³-hybridized carbons (Fsp3) is 0.250. The van der Waals surface area contributed by atoms with Gasteiger partial charge in [-0.15, -0.1) is 0 Å². The van der Waals surface area contributed by atoms with Crippen LogP contribution in [0.3, 0.4) is 0 Å². The second-order valence-corrected chi connectivity index (χ2v) is 3.51. The van der Waals surface area contributed by atoms with E-state index in [1.807, 2.05) is 32.1 Å². The summed E-state index contributed by atoms with van der Waals surface area (Å²) < 4.78 is 0. The smallest absolute Gasteiger partial charge is 0.0944 e. The maximum Gasteiger partial charge on any atom is 0.0944 e. The molecule has 2 heteroatoms. The number of nitrogens with two attached hydrogens (primary N) is 1. The van der Waals surface area contributed by atoms with E-state index < -0.39 is 0 Å². The Kier molecular flexibility index (Phi) is 2.93. The highest BCUT2D eigenvalue weighted by molar-refractivity contribution is 5.64. The number of nitrogens with zero attached hydrogens (tertiary/aromatic N) is 1. The van der Waals surface area contributed by atoms with Gasteiger partial charge < -0.3 is 5.73 Å². The first-order valence-electron chi connectivity index (χ1n) is 4.49. The van der Waals surface area contributed by atoms with Gasteiger partial charge in [0.1, 0.15) is 0 Å². The molecule has 0 radical (unpaired) electrons. The van der Waals surface area contributed by atoms with Crippen LogP contribution in [0.2, 0.25) is 0 Å². The third kappa shape index (κ3) is 2.14. The number of hydrogen-bond acceptors (Lipinski definition) is 2. The van der Waals surface area contributed by atoms with Gasteiger partial charge in [-0.2, -0.15) is 5.26 Å². The molecule has 0 aliphatic heterocycles. The zero-order valence-corrected chi connectivity index (χ0v) is 8.76. The third-order valence-electron chi connectivity index (χ3n) is 2.18. The molecule has 0 bridgehead atoms. The molecule has 0 unspecified atom stereocenters. The largest absolute Gasteiger partial charge is 0.398 e. The van der Waals surface area contributed by atoms with Gasteiger partial charge in [0, 0.05) is 11.3 Å². The summed E-state index contributed by atoms with van der Waals surface area (Å²) in [6, 6.07) is 6.08. The van der Waals surface area contributed by atoms with Crippen molar-refractivity contribution in [2.75, 3.05) is 5.73 Å². The minimum absolute atomic E-state index is 0.702. The van der Waals surface area contributed by atoms with Crippen molar-refractivity contribution in [3.8, 4) is 6.07 Å². The molecule has 0 saturated carbocycles. The monoisotopic (exact) mass is 186 g/mol. The predicted octanol–water partition coefficient (Wildman–Crippen LogP) is 2.81. The van der Waals surface area contributed by atoms with Crippen molar-refractivity contribution < 1.29 is 0 Å². The fourth-order valence-corrected chi connectivity index (χ4v) is 1.37. The maximum absolute atomic E-state index is 8.65. The highest BCUT2D eigenvalue weighted by Crippen LogP contribution is 2.20. The normalized spacial score (nSPS) is 11.1. The van der Waals surface area contributed by atoms with Crippen molar-refractivity contribution in [2.45, 2.75) is 20.8 Å². The van der Waals surface area contributed by atoms with E-state index in [9.17, 15) is 0 Å². The van der Waals surface area contributed by atoms with Crippen LogP contribution in [0.5, 0.6) is 0 Å². The van der Waals surface area contributed by atoms with Gasteiger partial charge in [-0.3, -0.25) is 0 Å². The highest BCUT2D eigenvalue weighted by Gasteiger charge is 1.99. The number of aryl methyl sites for hydroxylation is 2. The lowest BCUT2D eigenvalue weighted by molar-refractivity contribution is 1.37. The number of allylic oxidation sites excluding steroid dienone is 1. The summed E-state index contributed by atoms with van der Waals surface area (Å²) in [6.45, 7) is 5.74. The molecule has 0 spiro atoms. The van der Waals surface area contributed by atoms with E-state index in [0.29, 0.717) is 5.57 Å². The fourth-order valence-electron chi connectivity index (χ4n) is 1.37. The zero-order chi connectivity index (χ0) is 10.7. The van der Waals surface area contributed by atoms with Crippen LogP contribution in [0, 0.1) is 25.2 Å². The van der Waals surface area contributed by atoms with E-state index >= 15 is 0 Å². The van der Waals surface area contributed by atoms with Gasteiger partial charge in [0.15, 0.2) is 0 Å². The molecule has 1 aromatic carbocycles. The Balaban J connectivity index is 3.21. The molecular weight excluding hydrogens is 172 g/mol. The molecule has 0 fully saturated rings. The quantitative estimate of drug-likeness (QED) is 0.541. The molecule has 2 N–H and O–H groups in total. The lowest BCUT2D eigenvalue weighted by Gasteiger charge is -2.05. The summed E-state index contributed by atoms with van der Waals surface area (Å²) in [4.78, 5) is 0. The van der Waals surface area contributed by atoms with E-state index in [1.165, 1.54) is 0 Å². The van der Waals surface area contributed by atoms with Crippen molar-refractivity contribution in [3.63, 3.8) is 0 Å². The van der Waals surface area contributed by atoms with Gasteiger partial charge in [-0.05, 0) is 55.7 Å². The Morgan fingerprint density at radius 1 is 1.36 bits per heavy atom. The summed E-state index contributed by atoms with van der Waals surface area (Å²) in [7, 11) is 0. The van der Waals surface area contributed by atoms with Crippen molar-refractivity contribution in [2.24, 2.45) is 0 Å². The maximum atomic E-state index is 8.65. The van der Waals surface area contributed by atoms with Crippen LogP contribution in [-0.2, 0) is 0 Å². The topological polar surface area (TPSA) is 49.8 Å². The molecule has 0 aromatic heterocycles. The zero-order valence-electron chi connectivity index (χ0n) is 8.76. The number of nitriles is 1. The van der Waals surface area contributed by atoms with Crippen LogP contribution in [0.4, 0.5) is 5.69 Å². The molecular formula is C12H14N2. The van der Waals surface area contributed by atoms with Crippen LogP contribution < -0.4 is 5.73 Å². The Labute approximate surface area is 84.7 Å². The summed E-state index contributed by atoms with van der Waals surface area (Å²) >= 11 is 0. The van der Waals surface area contributed by atoms with Crippen LogP contribution in [-0.4, -0.2) is 0 Å². The molecule has 0 aliphatic rings. The minimum Gasteiger partial charge on any atom is -0.398 e. The third-order valence-corrected chi connectivity index (χ3v) is 2.18. The number of nitrogen functional groups attached to an aromatic ring is 1. The number of hydrogen-bond donors (Lipinski definition) is 1. The second kappa shape index (κ2) is 3.97. The number of benzene rings is 1. The van der Waals surface area contributed by atoms with Gasteiger partial charge in [0.2, 0.25) is 0 Å². The van der Waals surface area contributed by atoms with Gasteiger partial charge in [0.05, 0.1) is 6.07 Å². The van der Waals surface area contributed by atoms with Gasteiger partial charge in [0.25, 0.3) is 0 Å². The van der Waals surface area contributed by atoms with Gasteiger partial charge in [-0.25, -0.2) is 0 Å². The first kappa shape index (κ1) is 10.3. The summed E-state index contributed by atoms with van der Waals surface area (Å²) in [5, 5.41) is 8.65. The van der Waals surface area contributed by atoms with Crippen LogP contribution in [0.25, 0.3) is 6.08 Å². The Morgan fingerprint density at radius 2 is 1.86 bits per heavy atom. The highest BCUT2D eigenvalue weighted by atomic mass is 14.6. The van der Waals surface area contributed by atoms with E-state index in [1.54, 1.807) is 6.92 Å². The van der Waals surface area contributed by atoms with Crippen LogP contribution in [0.1, 0.15) is 23.6 Å². The summed E-state index contributed by atoms with van der Waals surface area (Å²) in [5.41, 5.74) is 10.5. The average molecular weight is 186 g/mol. The molecule has 0 saturated heterocycles. The minimum atomic E-state index is 0.702. The van der Waals surface area contributed by atoms with Crippen LogP contribution in [0.15, 0.2) is 17.7 Å². The molecule has 0 aliphatic carbocycles. The summed E-state index contributed by atoms with van der Waals surface area (Å²) in [6.07, 6.45) is 1.86. The first-order chi connectivity index (χ1) is 6.54. The van der Waals surface area contributed by atoms with Crippen LogP contribution >= 0.6 is 0 Å². The molecule has 72 valence electrons. The number of anilines is 1. The summed E-state index contributed by atoms with van der Waals surface area (Å²) in [5.74, 6) is 0. The van der Waals surface area contributed by atoms with Crippen molar-refractivity contribution >= 4 is 11.8 Å². The molecule has 0 atom stereocenters. The van der Waals surface area contributed by atoms with E-state index in [4.69, 9.17) is 11.0 Å². The van der Waals surface area contributed by atoms with Gasteiger partial charge in [-0.1, -0.05) is 0 Å². The molecule has 1 rings (SSSR count). The number of rotatable bonds is 1. The Morgan fingerprint density at radius 3 is 2.29 bits per heavy atom. The average Bonchev–Trinajstić information content (AvgIpc) is 2.14. The van der Waals surface area contributed by atoms with Crippen molar-refractivity contribution in [3.05, 3.63) is 34.4 Å². The Bertz CT molecular complexity index is 399. The van der Waals surface area contributed by atoms with E-state index in [2.05, 4.69) is 6.07 Å². The molecule has 14 heavy (non-hydrogen) atoms. The molecule has 1 aromatic rings. The van der Waals surface area contributed by atoms with Crippen molar-refractivity contribution in [1.29, 1.82) is 5.26 Å². The van der Waals surface area contributed by atoms with E-state index in [-0.39, 0.29) is 0 Å². The van der Waals surface area contributed by atoms with E-state index in [0.717, 1.165) is 22.4 Å². The second-order valence-electron chi connectivity index (χ2n) is 3.51. The van der Waals surface area contributed by atoms with Crippen molar-refractivity contribution in [1.82, 2.24) is 0 Å². The van der Waals surface area contributed by atoms with Gasteiger partial charge >= 0.3 is 0 Å². The predicted molar refractivity (Wildman–Crippen MR) is 59.6 cm³/mol. The lowest BCUT2D eigenvalue weighted by Crippen LogP contribution is -1.94. The Hall–Kier alpha value is -1.75. The lowest BCUT2D eigenvalue weighted by atomic mass is 10.0.